The molecule has 0 unspecified atom stereocenters. The Balaban J connectivity index is 1.52. The lowest BCUT2D eigenvalue weighted by molar-refractivity contribution is -0.131. The number of amides is 1. The maximum atomic E-state index is 13.5. The molecule has 0 atom stereocenters. The molecule has 0 N–H and O–H groups in total. The number of sulfonamides is 1. The molecule has 1 aliphatic heterocycles. The molecule has 11 heteroatoms. The molecule has 6 nitrogen and oxygen atoms in total. The zero-order valence-corrected chi connectivity index (χ0v) is 22.2. The molecule has 36 heavy (non-hydrogen) atoms. The van der Waals surface area contributed by atoms with E-state index in [9.17, 15) is 17.6 Å². The second-order valence-electron chi connectivity index (χ2n) is 8.31. The lowest BCUT2D eigenvalue weighted by Gasteiger charge is -2.37. The first-order chi connectivity index (χ1) is 17.1. The van der Waals surface area contributed by atoms with Crippen LogP contribution in [0.2, 0.25) is 15.1 Å². The van der Waals surface area contributed by atoms with E-state index in [1.54, 1.807) is 29.2 Å². The molecule has 1 amide bonds. The van der Waals surface area contributed by atoms with Gasteiger partial charge in [0.25, 0.3) is 0 Å². The molecule has 0 saturated carbocycles. The highest BCUT2D eigenvalue weighted by Gasteiger charge is 2.30. The molecule has 1 heterocycles. The van der Waals surface area contributed by atoms with Crippen LogP contribution in [-0.2, 0) is 21.4 Å². The van der Waals surface area contributed by atoms with Crippen molar-refractivity contribution in [2.45, 2.75) is 11.4 Å². The predicted molar refractivity (Wildman–Crippen MR) is 141 cm³/mol. The standard InChI is InChI=1S/C25H23Cl3FN3O3S/c26-19-3-9-23(10-4-19)36(34,35)32(16-18-1-2-20(27)15-24(18)28)17-25(33)31-13-11-30(12-14-31)22-7-5-21(29)6-8-22/h1-10,15H,11-14,16-17H2. The third kappa shape index (κ3) is 6.30. The fraction of sp³-hybridized carbons (Fsp3) is 0.240. The van der Waals surface area contributed by atoms with Crippen LogP contribution in [0.25, 0.3) is 0 Å². The van der Waals surface area contributed by atoms with Crippen molar-refractivity contribution in [1.82, 2.24) is 9.21 Å². The summed E-state index contributed by atoms with van der Waals surface area (Å²) in [4.78, 5) is 16.9. The minimum atomic E-state index is -4.04. The van der Waals surface area contributed by atoms with Crippen LogP contribution in [0.1, 0.15) is 5.56 Å². The lowest BCUT2D eigenvalue weighted by atomic mass is 10.2. The summed E-state index contributed by atoms with van der Waals surface area (Å²) in [5.74, 6) is -0.633. The fourth-order valence-electron chi connectivity index (χ4n) is 3.94. The summed E-state index contributed by atoms with van der Waals surface area (Å²) >= 11 is 18.2. The van der Waals surface area contributed by atoms with Crippen LogP contribution in [0.15, 0.2) is 71.6 Å². The maximum Gasteiger partial charge on any atom is 0.243 e. The number of piperazine rings is 1. The number of hydrogen-bond donors (Lipinski definition) is 0. The summed E-state index contributed by atoms with van der Waals surface area (Å²) < 4.78 is 41.4. The minimum Gasteiger partial charge on any atom is -0.368 e. The number of benzene rings is 3. The molecule has 190 valence electrons. The van der Waals surface area contributed by atoms with Crippen LogP contribution >= 0.6 is 34.8 Å². The van der Waals surface area contributed by atoms with E-state index in [1.807, 2.05) is 0 Å². The van der Waals surface area contributed by atoms with Gasteiger partial charge in [-0.3, -0.25) is 4.79 Å². The van der Waals surface area contributed by atoms with Gasteiger partial charge in [-0.2, -0.15) is 4.31 Å². The number of carbonyl (C=O) groups excluding carboxylic acids is 1. The molecule has 4 rings (SSSR count). The van der Waals surface area contributed by atoms with E-state index in [0.29, 0.717) is 46.8 Å². The van der Waals surface area contributed by atoms with E-state index in [4.69, 9.17) is 34.8 Å². The Bertz CT molecular complexity index is 1330. The number of anilines is 1. The Morgan fingerprint density at radius 3 is 2.08 bits per heavy atom. The third-order valence-electron chi connectivity index (χ3n) is 5.95. The molecular formula is C25H23Cl3FN3O3S. The Morgan fingerprint density at radius 1 is 0.861 bits per heavy atom. The summed E-state index contributed by atoms with van der Waals surface area (Å²) in [6.07, 6.45) is 0. The SMILES string of the molecule is O=C(CN(Cc1ccc(Cl)cc1Cl)S(=O)(=O)c1ccc(Cl)cc1)N1CCN(c2ccc(F)cc2)CC1. The van der Waals surface area contributed by atoms with Crippen molar-refractivity contribution in [2.24, 2.45) is 0 Å². The average Bonchev–Trinajstić information content (AvgIpc) is 2.86. The highest BCUT2D eigenvalue weighted by molar-refractivity contribution is 7.89. The average molecular weight is 571 g/mol. The fourth-order valence-corrected chi connectivity index (χ4v) is 5.90. The molecule has 0 spiro atoms. The summed E-state index contributed by atoms with van der Waals surface area (Å²) in [6.45, 7) is 1.44. The van der Waals surface area contributed by atoms with E-state index in [1.165, 1.54) is 42.5 Å². The Hall–Kier alpha value is -2.36. The largest absolute Gasteiger partial charge is 0.368 e. The van der Waals surface area contributed by atoms with E-state index in [0.717, 1.165) is 9.99 Å². The smallest absolute Gasteiger partial charge is 0.243 e. The summed E-state index contributed by atoms with van der Waals surface area (Å²) in [5.41, 5.74) is 1.39. The van der Waals surface area contributed by atoms with E-state index in [2.05, 4.69) is 4.90 Å². The van der Waals surface area contributed by atoms with Gasteiger partial charge in [0.05, 0.1) is 11.4 Å². The van der Waals surface area contributed by atoms with Gasteiger partial charge in [-0.25, -0.2) is 12.8 Å². The van der Waals surface area contributed by atoms with Gasteiger partial charge < -0.3 is 9.80 Å². The predicted octanol–water partition coefficient (Wildman–Crippen LogP) is 5.33. The maximum absolute atomic E-state index is 13.5. The van der Waals surface area contributed by atoms with Gasteiger partial charge in [0.15, 0.2) is 0 Å². The molecular weight excluding hydrogens is 548 g/mol. The van der Waals surface area contributed by atoms with E-state index in [-0.39, 0.29) is 29.7 Å². The first-order valence-corrected chi connectivity index (χ1v) is 13.7. The molecule has 0 bridgehead atoms. The van der Waals surface area contributed by atoms with Crippen molar-refractivity contribution in [3.8, 4) is 0 Å². The van der Waals surface area contributed by atoms with Crippen molar-refractivity contribution in [2.75, 3.05) is 37.6 Å². The summed E-state index contributed by atoms with van der Waals surface area (Å²) in [6, 6.07) is 16.8. The number of rotatable bonds is 7. The van der Waals surface area contributed by atoms with E-state index >= 15 is 0 Å². The number of hydrogen-bond acceptors (Lipinski definition) is 4. The van der Waals surface area contributed by atoms with E-state index < -0.39 is 10.0 Å². The van der Waals surface area contributed by atoms with Gasteiger partial charge in [0.1, 0.15) is 5.82 Å². The van der Waals surface area contributed by atoms with Crippen molar-refractivity contribution in [1.29, 1.82) is 0 Å². The van der Waals surface area contributed by atoms with Gasteiger partial charge in [-0.15, -0.1) is 0 Å². The molecule has 3 aromatic rings. The van der Waals surface area contributed by atoms with Crippen molar-refractivity contribution in [3.63, 3.8) is 0 Å². The third-order valence-corrected chi connectivity index (χ3v) is 8.59. The lowest BCUT2D eigenvalue weighted by Crippen LogP contribution is -2.51. The van der Waals surface area contributed by atoms with Crippen LogP contribution in [0.5, 0.6) is 0 Å². The first-order valence-electron chi connectivity index (χ1n) is 11.1. The molecule has 0 radical (unpaired) electrons. The molecule has 0 aliphatic carbocycles. The van der Waals surface area contributed by atoms with Gasteiger partial charge in [0, 0.05) is 53.5 Å². The highest BCUT2D eigenvalue weighted by Crippen LogP contribution is 2.26. The minimum absolute atomic E-state index is 0.0194. The second-order valence-corrected chi connectivity index (χ2v) is 11.5. The Kier molecular flexibility index (Phi) is 8.42. The van der Waals surface area contributed by atoms with Gasteiger partial charge >= 0.3 is 0 Å². The quantitative estimate of drug-likeness (QED) is 0.386. The molecule has 1 saturated heterocycles. The normalized spacial score (nSPS) is 14.4. The molecule has 1 aliphatic rings. The zero-order chi connectivity index (χ0) is 25.9. The molecule has 0 aromatic heterocycles. The van der Waals surface area contributed by atoms with Crippen LogP contribution < -0.4 is 4.90 Å². The molecule has 3 aromatic carbocycles. The topological polar surface area (TPSA) is 60.9 Å². The van der Waals surface area contributed by atoms with Crippen molar-refractivity contribution in [3.05, 3.63) is 93.2 Å². The number of nitrogens with zero attached hydrogens (tertiary/aromatic N) is 3. The zero-order valence-electron chi connectivity index (χ0n) is 19.1. The number of carbonyl (C=O) groups is 1. The number of halogens is 4. The Morgan fingerprint density at radius 2 is 1.47 bits per heavy atom. The summed E-state index contributed by atoms with van der Waals surface area (Å²) in [7, 11) is -4.04. The van der Waals surface area contributed by atoms with Crippen molar-refractivity contribution >= 4 is 56.4 Å². The van der Waals surface area contributed by atoms with Crippen LogP contribution in [-0.4, -0.2) is 56.3 Å². The van der Waals surface area contributed by atoms with Crippen molar-refractivity contribution < 1.29 is 17.6 Å². The van der Waals surface area contributed by atoms with Gasteiger partial charge in [-0.05, 0) is 66.2 Å². The van der Waals surface area contributed by atoms with Crippen LogP contribution in [0.3, 0.4) is 0 Å². The van der Waals surface area contributed by atoms with Crippen LogP contribution in [0, 0.1) is 5.82 Å². The summed E-state index contributed by atoms with van der Waals surface area (Å²) in [5, 5.41) is 1.13. The highest BCUT2D eigenvalue weighted by atomic mass is 35.5. The van der Waals surface area contributed by atoms with Gasteiger partial charge in [-0.1, -0.05) is 40.9 Å². The molecule has 1 fully saturated rings. The Labute approximate surface area is 224 Å². The van der Waals surface area contributed by atoms with Gasteiger partial charge in [0.2, 0.25) is 15.9 Å². The monoisotopic (exact) mass is 569 g/mol. The van der Waals surface area contributed by atoms with Crippen LogP contribution in [0.4, 0.5) is 10.1 Å². The second kappa shape index (κ2) is 11.4. The first kappa shape index (κ1) is 26.7.